The number of β-amino-alcohol motifs (C(OH)–C–C–N with tert-alkyl or cyclic N) is 1. The van der Waals surface area contributed by atoms with E-state index in [-0.39, 0.29) is 0 Å². The number of nitrogens with zero attached hydrogens (tertiary/aromatic N) is 1. The molecule has 0 aromatic carbocycles. The molecule has 0 spiro atoms. The first kappa shape index (κ1) is 9.43. The molecule has 76 valence electrons. The monoisotopic (exact) mass is 194 g/mol. The second kappa shape index (κ2) is 3.55. The van der Waals surface area contributed by atoms with E-state index in [4.69, 9.17) is 4.74 Å². The van der Waals surface area contributed by atoms with Gasteiger partial charge in [-0.2, -0.15) is 0 Å². The summed E-state index contributed by atoms with van der Waals surface area (Å²) in [6.07, 6.45) is 2.28. The summed E-state index contributed by atoms with van der Waals surface area (Å²) in [5, 5.41) is 12.9. The summed E-state index contributed by atoms with van der Waals surface area (Å²) in [6, 6.07) is 3.66. The zero-order valence-corrected chi connectivity index (χ0v) is 8.16. The van der Waals surface area contributed by atoms with Gasteiger partial charge in [0.05, 0.1) is 12.7 Å². The summed E-state index contributed by atoms with van der Waals surface area (Å²) >= 11 is 0. The molecule has 1 fully saturated rings. The Kier molecular flexibility index (Phi) is 2.39. The molecule has 0 unspecified atom stereocenters. The third-order valence-electron chi connectivity index (χ3n) is 2.44. The van der Waals surface area contributed by atoms with Crippen LogP contribution in [0.15, 0.2) is 18.3 Å². The van der Waals surface area contributed by atoms with Crippen LogP contribution in [0.3, 0.4) is 0 Å². The second-order valence-corrected chi connectivity index (χ2v) is 3.69. The Balaban J connectivity index is 2.08. The molecule has 2 rings (SSSR count). The Labute approximate surface area is 82.9 Å². The van der Waals surface area contributed by atoms with E-state index < -0.39 is 5.60 Å². The largest absolute Gasteiger partial charge is 0.497 e. The quantitative estimate of drug-likeness (QED) is 0.709. The van der Waals surface area contributed by atoms with Crippen molar-refractivity contribution in [1.29, 1.82) is 0 Å². The average Bonchev–Trinajstić information content (AvgIpc) is 2.16. The number of hydrogen-bond donors (Lipinski definition) is 2. The second-order valence-electron chi connectivity index (χ2n) is 3.69. The molecule has 0 saturated carbocycles. The number of rotatable bonds is 3. The molecule has 0 atom stereocenters. The average molecular weight is 194 g/mol. The highest BCUT2D eigenvalue weighted by Gasteiger charge is 2.34. The SMILES string of the molecule is COc1ccnc(CC2(O)CNC2)c1. The molecular formula is C10H14N2O2. The molecule has 0 radical (unpaired) electrons. The van der Waals surface area contributed by atoms with Crippen LogP contribution in [0.1, 0.15) is 5.69 Å². The topological polar surface area (TPSA) is 54.4 Å². The molecule has 1 aromatic rings. The van der Waals surface area contributed by atoms with Crippen LogP contribution in [-0.4, -0.2) is 35.9 Å². The zero-order chi connectivity index (χ0) is 10.0. The van der Waals surface area contributed by atoms with E-state index in [1.165, 1.54) is 0 Å². The molecule has 14 heavy (non-hydrogen) atoms. The van der Waals surface area contributed by atoms with Crippen molar-refractivity contribution in [1.82, 2.24) is 10.3 Å². The number of aromatic nitrogens is 1. The Bertz CT molecular complexity index is 324. The van der Waals surface area contributed by atoms with Crippen LogP contribution in [0.5, 0.6) is 5.75 Å². The van der Waals surface area contributed by atoms with Crippen LogP contribution in [-0.2, 0) is 6.42 Å². The maximum Gasteiger partial charge on any atom is 0.122 e. The number of ether oxygens (including phenoxy) is 1. The minimum absolute atomic E-state index is 0.581. The molecule has 1 saturated heterocycles. The van der Waals surface area contributed by atoms with Crippen LogP contribution >= 0.6 is 0 Å². The Morgan fingerprint density at radius 3 is 3.00 bits per heavy atom. The van der Waals surface area contributed by atoms with Gasteiger partial charge in [-0.1, -0.05) is 0 Å². The van der Waals surface area contributed by atoms with Gasteiger partial charge in [-0.15, -0.1) is 0 Å². The Hall–Kier alpha value is -1.13. The lowest BCUT2D eigenvalue weighted by molar-refractivity contribution is -0.00983. The van der Waals surface area contributed by atoms with E-state index in [9.17, 15) is 5.11 Å². The lowest BCUT2D eigenvalue weighted by atomic mass is 9.91. The fraction of sp³-hybridized carbons (Fsp3) is 0.500. The summed E-state index contributed by atoms with van der Waals surface area (Å²) < 4.78 is 5.08. The van der Waals surface area contributed by atoms with Gasteiger partial charge in [0.2, 0.25) is 0 Å². The summed E-state index contributed by atoms with van der Waals surface area (Å²) in [7, 11) is 1.62. The lowest BCUT2D eigenvalue weighted by Crippen LogP contribution is -2.60. The first-order valence-electron chi connectivity index (χ1n) is 4.64. The van der Waals surface area contributed by atoms with Gasteiger partial charge in [0, 0.05) is 37.5 Å². The minimum Gasteiger partial charge on any atom is -0.497 e. The molecule has 1 aromatic heterocycles. The van der Waals surface area contributed by atoms with Crippen molar-refractivity contribution in [2.24, 2.45) is 0 Å². The molecule has 4 heteroatoms. The fourth-order valence-corrected chi connectivity index (χ4v) is 1.56. The highest BCUT2D eigenvalue weighted by atomic mass is 16.5. The van der Waals surface area contributed by atoms with Crippen molar-refractivity contribution >= 4 is 0 Å². The molecule has 2 N–H and O–H groups in total. The first-order valence-corrected chi connectivity index (χ1v) is 4.64. The standard InChI is InChI=1S/C10H14N2O2/c1-14-9-2-3-12-8(4-9)5-10(13)6-11-7-10/h2-4,11,13H,5-7H2,1H3. The summed E-state index contributed by atoms with van der Waals surface area (Å²) in [4.78, 5) is 4.19. The van der Waals surface area contributed by atoms with E-state index >= 15 is 0 Å². The van der Waals surface area contributed by atoms with E-state index in [2.05, 4.69) is 10.3 Å². The van der Waals surface area contributed by atoms with E-state index in [0.29, 0.717) is 19.5 Å². The maximum atomic E-state index is 9.88. The Morgan fingerprint density at radius 2 is 2.43 bits per heavy atom. The number of aliphatic hydroxyl groups is 1. The van der Waals surface area contributed by atoms with Crippen LogP contribution < -0.4 is 10.1 Å². The predicted octanol–water partition coefficient (Wildman–Crippen LogP) is -0.0330. The van der Waals surface area contributed by atoms with Crippen molar-refractivity contribution in [2.45, 2.75) is 12.0 Å². The van der Waals surface area contributed by atoms with Crippen LogP contribution in [0.25, 0.3) is 0 Å². The van der Waals surface area contributed by atoms with E-state index in [1.807, 2.05) is 6.07 Å². The van der Waals surface area contributed by atoms with Gasteiger partial charge in [-0.05, 0) is 6.07 Å². The van der Waals surface area contributed by atoms with Gasteiger partial charge in [0.25, 0.3) is 0 Å². The highest BCUT2D eigenvalue weighted by molar-refractivity contribution is 5.24. The molecule has 0 aliphatic carbocycles. The molecule has 0 bridgehead atoms. The molecule has 0 amide bonds. The molecule has 2 heterocycles. The van der Waals surface area contributed by atoms with Crippen LogP contribution in [0.4, 0.5) is 0 Å². The molecular weight excluding hydrogens is 180 g/mol. The van der Waals surface area contributed by atoms with E-state index in [0.717, 1.165) is 11.4 Å². The van der Waals surface area contributed by atoms with Gasteiger partial charge < -0.3 is 15.2 Å². The number of hydrogen-bond acceptors (Lipinski definition) is 4. The minimum atomic E-state index is -0.612. The van der Waals surface area contributed by atoms with Gasteiger partial charge >= 0.3 is 0 Å². The summed E-state index contributed by atoms with van der Waals surface area (Å²) in [6.45, 7) is 1.29. The summed E-state index contributed by atoms with van der Waals surface area (Å²) in [5.74, 6) is 0.783. The van der Waals surface area contributed by atoms with Gasteiger partial charge in [-0.3, -0.25) is 4.98 Å². The number of pyridine rings is 1. The third kappa shape index (κ3) is 1.86. The highest BCUT2D eigenvalue weighted by Crippen LogP contribution is 2.18. The predicted molar refractivity (Wildman–Crippen MR) is 52.3 cm³/mol. The third-order valence-corrected chi connectivity index (χ3v) is 2.44. The lowest BCUT2D eigenvalue weighted by Gasteiger charge is -2.37. The fourth-order valence-electron chi connectivity index (χ4n) is 1.56. The van der Waals surface area contributed by atoms with Crippen molar-refractivity contribution in [3.05, 3.63) is 24.0 Å². The van der Waals surface area contributed by atoms with Gasteiger partial charge in [0.15, 0.2) is 0 Å². The number of methoxy groups -OCH3 is 1. The van der Waals surface area contributed by atoms with Gasteiger partial charge in [-0.25, -0.2) is 0 Å². The van der Waals surface area contributed by atoms with E-state index in [1.54, 1.807) is 19.4 Å². The number of nitrogens with one attached hydrogen (secondary N) is 1. The smallest absolute Gasteiger partial charge is 0.122 e. The maximum absolute atomic E-state index is 9.88. The molecule has 1 aliphatic heterocycles. The van der Waals surface area contributed by atoms with Crippen molar-refractivity contribution in [3.63, 3.8) is 0 Å². The van der Waals surface area contributed by atoms with Crippen molar-refractivity contribution < 1.29 is 9.84 Å². The molecule has 4 nitrogen and oxygen atoms in total. The van der Waals surface area contributed by atoms with Crippen LogP contribution in [0.2, 0.25) is 0 Å². The van der Waals surface area contributed by atoms with Crippen LogP contribution in [0, 0.1) is 0 Å². The molecule has 1 aliphatic rings. The van der Waals surface area contributed by atoms with Gasteiger partial charge in [0.1, 0.15) is 5.75 Å². The van der Waals surface area contributed by atoms with Crippen molar-refractivity contribution in [3.8, 4) is 5.75 Å². The zero-order valence-electron chi connectivity index (χ0n) is 8.16. The normalized spacial score (nSPS) is 18.7. The van der Waals surface area contributed by atoms with Crippen molar-refractivity contribution in [2.75, 3.05) is 20.2 Å². The Morgan fingerprint density at radius 1 is 1.64 bits per heavy atom. The first-order chi connectivity index (χ1) is 6.72. The summed E-state index contributed by atoms with van der Waals surface area (Å²) in [5.41, 5.74) is 0.257.